The molecule has 5 N–H and O–H groups in total. The zero-order chi connectivity index (χ0) is 25.2. The molecule has 1 aliphatic heterocycles. The van der Waals surface area contributed by atoms with E-state index in [2.05, 4.69) is 19.9 Å². The number of aromatic nitrogens is 1. The fraction of sp³-hybridized carbons (Fsp3) is 0.500. The Morgan fingerprint density at radius 2 is 2.11 bits per heavy atom. The molecule has 1 aromatic carbocycles. The van der Waals surface area contributed by atoms with E-state index in [4.69, 9.17) is 26.8 Å². The Kier molecular flexibility index (Phi) is 10.5. The third-order valence-corrected chi connectivity index (χ3v) is 6.32. The van der Waals surface area contributed by atoms with Crippen LogP contribution in [-0.2, 0) is 11.3 Å². The molecule has 1 saturated heterocycles. The van der Waals surface area contributed by atoms with Gasteiger partial charge in [0.05, 0.1) is 19.3 Å². The summed E-state index contributed by atoms with van der Waals surface area (Å²) in [6.45, 7) is 3.85. The van der Waals surface area contributed by atoms with Crippen LogP contribution in [0.4, 0.5) is 14.2 Å². The molecular weight excluding hydrogens is 501 g/mol. The molecule has 1 unspecified atom stereocenters. The average molecular weight is 530 g/mol. The molecule has 10 nitrogen and oxygen atoms in total. The van der Waals surface area contributed by atoms with Gasteiger partial charge in [0.2, 0.25) is 5.88 Å². The molecule has 0 radical (unpaired) electrons. The van der Waals surface area contributed by atoms with Crippen molar-refractivity contribution in [1.82, 2.24) is 14.6 Å². The summed E-state index contributed by atoms with van der Waals surface area (Å²) in [7, 11) is 0. The standard InChI is InChI=1S/C22H29ClFN5O5S/c23-15-5-4-14(17(24)11-15)13-34-20-18(19(25)31)21(35-28-20)27-22(32)26-6-2-1-3-16(30)12-29-7-9-33-10-8-29/h4-5,11,16,30H,1-3,6-10,12-13H2,(H2,25,31)(H2,26,27,32). The van der Waals surface area contributed by atoms with Gasteiger partial charge in [0.25, 0.3) is 5.91 Å². The highest BCUT2D eigenvalue weighted by Gasteiger charge is 2.22. The van der Waals surface area contributed by atoms with Gasteiger partial charge in [-0.05, 0) is 42.9 Å². The summed E-state index contributed by atoms with van der Waals surface area (Å²) < 4.78 is 28.7. The van der Waals surface area contributed by atoms with Crippen molar-refractivity contribution in [3.05, 3.63) is 40.2 Å². The minimum Gasteiger partial charge on any atom is -0.471 e. The number of ether oxygens (including phenoxy) is 2. The molecule has 1 aromatic heterocycles. The van der Waals surface area contributed by atoms with Crippen molar-refractivity contribution in [1.29, 1.82) is 0 Å². The Labute approximate surface area is 211 Å². The second-order valence-corrected chi connectivity index (χ2v) is 9.23. The Morgan fingerprint density at radius 1 is 1.34 bits per heavy atom. The zero-order valence-corrected chi connectivity index (χ0v) is 20.7. The summed E-state index contributed by atoms with van der Waals surface area (Å²) in [6, 6.07) is 3.60. The van der Waals surface area contributed by atoms with Crippen molar-refractivity contribution in [3.8, 4) is 5.88 Å². The zero-order valence-electron chi connectivity index (χ0n) is 19.1. The van der Waals surface area contributed by atoms with Crippen molar-refractivity contribution in [2.45, 2.75) is 32.0 Å². The predicted octanol–water partition coefficient (Wildman–Crippen LogP) is 2.60. The van der Waals surface area contributed by atoms with Crippen LogP contribution >= 0.6 is 23.1 Å². The van der Waals surface area contributed by atoms with E-state index in [0.29, 0.717) is 39.1 Å². The number of morpholine rings is 1. The lowest BCUT2D eigenvalue weighted by Crippen LogP contribution is -2.40. The number of nitrogens with one attached hydrogen (secondary N) is 2. The van der Waals surface area contributed by atoms with E-state index in [-0.39, 0.29) is 33.6 Å². The number of carbonyl (C=O) groups is 2. The van der Waals surface area contributed by atoms with E-state index < -0.39 is 23.9 Å². The Balaban J connectivity index is 1.41. The van der Waals surface area contributed by atoms with E-state index in [0.717, 1.165) is 37.1 Å². The summed E-state index contributed by atoms with van der Waals surface area (Å²) in [6.07, 6.45) is 1.64. The quantitative estimate of drug-likeness (QED) is 0.310. The highest BCUT2D eigenvalue weighted by atomic mass is 35.5. The lowest BCUT2D eigenvalue weighted by atomic mass is 10.1. The number of aliphatic hydroxyl groups is 1. The predicted molar refractivity (Wildman–Crippen MR) is 131 cm³/mol. The minimum absolute atomic E-state index is 0.0919. The molecule has 192 valence electrons. The Bertz CT molecular complexity index is 1000. The molecule has 2 aromatic rings. The number of rotatable bonds is 12. The van der Waals surface area contributed by atoms with Crippen LogP contribution in [0.25, 0.3) is 0 Å². The number of primary amides is 1. The average Bonchev–Trinajstić information content (AvgIpc) is 3.21. The molecule has 35 heavy (non-hydrogen) atoms. The molecule has 1 fully saturated rings. The monoisotopic (exact) mass is 529 g/mol. The number of carbonyl (C=O) groups excluding carboxylic acids is 2. The fourth-order valence-electron chi connectivity index (χ4n) is 3.49. The van der Waals surface area contributed by atoms with Gasteiger partial charge in [0.1, 0.15) is 23.0 Å². The fourth-order valence-corrected chi connectivity index (χ4v) is 4.38. The first-order valence-electron chi connectivity index (χ1n) is 11.2. The largest absolute Gasteiger partial charge is 0.471 e. The van der Waals surface area contributed by atoms with Crippen LogP contribution in [0.15, 0.2) is 18.2 Å². The summed E-state index contributed by atoms with van der Waals surface area (Å²) in [5, 5.41) is 15.8. The second kappa shape index (κ2) is 13.5. The number of unbranched alkanes of at least 4 members (excludes halogenated alkanes) is 1. The number of nitrogens with two attached hydrogens (primary N) is 1. The van der Waals surface area contributed by atoms with Gasteiger partial charge in [-0.25, -0.2) is 9.18 Å². The van der Waals surface area contributed by atoms with Gasteiger partial charge in [-0.3, -0.25) is 15.0 Å². The Morgan fingerprint density at radius 3 is 2.83 bits per heavy atom. The van der Waals surface area contributed by atoms with Crippen molar-refractivity contribution in [2.75, 3.05) is 44.7 Å². The van der Waals surface area contributed by atoms with E-state index in [1.165, 1.54) is 12.1 Å². The molecule has 2 heterocycles. The highest BCUT2D eigenvalue weighted by molar-refractivity contribution is 7.11. The molecule has 0 bridgehead atoms. The summed E-state index contributed by atoms with van der Waals surface area (Å²) >= 11 is 6.57. The number of hydrogen-bond acceptors (Lipinski definition) is 8. The number of amides is 3. The van der Waals surface area contributed by atoms with Crippen LogP contribution < -0.4 is 21.1 Å². The van der Waals surface area contributed by atoms with E-state index in [9.17, 15) is 19.1 Å². The minimum atomic E-state index is -0.838. The van der Waals surface area contributed by atoms with Gasteiger partial charge in [-0.15, -0.1) is 0 Å². The van der Waals surface area contributed by atoms with E-state index in [1.54, 1.807) is 0 Å². The topological polar surface area (TPSA) is 139 Å². The number of aliphatic hydroxyl groups excluding tert-OH is 1. The van der Waals surface area contributed by atoms with Crippen molar-refractivity contribution in [3.63, 3.8) is 0 Å². The normalized spacial score (nSPS) is 14.9. The number of hydrogen-bond donors (Lipinski definition) is 4. The third-order valence-electron chi connectivity index (χ3n) is 5.34. The van der Waals surface area contributed by atoms with Gasteiger partial charge < -0.3 is 25.6 Å². The number of nitrogens with zero attached hydrogens (tertiary/aromatic N) is 2. The lowest BCUT2D eigenvalue weighted by Gasteiger charge is -2.28. The molecule has 13 heteroatoms. The maximum atomic E-state index is 14.0. The van der Waals surface area contributed by atoms with Crippen molar-refractivity contribution < 1.29 is 28.6 Å². The van der Waals surface area contributed by atoms with Gasteiger partial charge in [0, 0.05) is 36.8 Å². The Hall–Kier alpha value is -2.51. The first-order chi connectivity index (χ1) is 16.8. The number of benzene rings is 1. The van der Waals surface area contributed by atoms with Gasteiger partial charge in [-0.2, -0.15) is 4.37 Å². The van der Waals surface area contributed by atoms with Crippen LogP contribution in [0.2, 0.25) is 5.02 Å². The van der Waals surface area contributed by atoms with Crippen LogP contribution in [0.1, 0.15) is 35.2 Å². The molecule has 1 atom stereocenters. The third kappa shape index (κ3) is 8.58. The summed E-state index contributed by atoms with van der Waals surface area (Å²) in [5.74, 6) is -1.49. The molecule has 1 aliphatic rings. The van der Waals surface area contributed by atoms with Crippen LogP contribution in [0, 0.1) is 5.82 Å². The maximum absolute atomic E-state index is 14.0. The molecule has 0 spiro atoms. The van der Waals surface area contributed by atoms with Crippen LogP contribution in [0.3, 0.4) is 0 Å². The van der Waals surface area contributed by atoms with Crippen molar-refractivity contribution >= 4 is 40.1 Å². The summed E-state index contributed by atoms with van der Waals surface area (Å²) in [5.41, 5.74) is 5.57. The molecule has 3 rings (SSSR count). The number of urea groups is 1. The summed E-state index contributed by atoms with van der Waals surface area (Å²) in [4.78, 5) is 26.3. The van der Waals surface area contributed by atoms with Gasteiger partial charge in [0.15, 0.2) is 0 Å². The number of β-amino-alcohol motifs (C(OH)–C–C–N with tert-alkyl or cyclic N) is 1. The number of halogens is 2. The second-order valence-electron chi connectivity index (χ2n) is 8.02. The highest BCUT2D eigenvalue weighted by Crippen LogP contribution is 2.31. The lowest BCUT2D eigenvalue weighted by molar-refractivity contribution is 0.0128. The van der Waals surface area contributed by atoms with Crippen molar-refractivity contribution in [2.24, 2.45) is 5.73 Å². The molecule has 3 amide bonds. The van der Waals surface area contributed by atoms with Gasteiger partial charge >= 0.3 is 6.03 Å². The molecule has 0 saturated carbocycles. The first-order valence-corrected chi connectivity index (χ1v) is 12.4. The van der Waals surface area contributed by atoms with Crippen LogP contribution in [0.5, 0.6) is 5.88 Å². The molecule has 0 aliphatic carbocycles. The first kappa shape index (κ1) is 27.1. The smallest absolute Gasteiger partial charge is 0.319 e. The molecular formula is C22H29ClFN5O5S. The van der Waals surface area contributed by atoms with Crippen LogP contribution in [-0.4, -0.2) is 71.8 Å². The van der Waals surface area contributed by atoms with Gasteiger partial charge in [-0.1, -0.05) is 17.7 Å². The number of anilines is 1. The SMILES string of the molecule is NC(=O)c1c(OCc2ccc(Cl)cc2F)nsc1NC(=O)NCCCCC(O)CN1CCOCC1. The maximum Gasteiger partial charge on any atom is 0.319 e. The van der Waals surface area contributed by atoms with E-state index in [1.807, 2.05) is 0 Å². The van der Waals surface area contributed by atoms with E-state index >= 15 is 0 Å².